The number of hydrogen-bond acceptors (Lipinski definition) is 4. The van der Waals surface area contributed by atoms with Crippen LogP contribution in [0, 0.1) is 0 Å². The van der Waals surface area contributed by atoms with Crippen molar-refractivity contribution in [2.75, 3.05) is 5.73 Å². The van der Waals surface area contributed by atoms with Crippen LogP contribution in [0.5, 0.6) is 11.6 Å². The normalized spacial score (nSPS) is 13.0. The summed E-state index contributed by atoms with van der Waals surface area (Å²) < 4.78 is 5.63. The van der Waals surface area contributed by atoms with Gasteiger partial charge in [-0.15, -0.1) is 0 Å². The standard InChI is InChI=1S/C15H14N2O3/c16-12-6-7-13(15(18)19)17-14(12)20-11-5-4-9-2-1-3-10(9)8-11/h4-8H,1-3,16H2,(H,18,19). The summed E-state index contributed by atoms with van der Waals surface area (Å²) in [6.07, 6.45) is 3.31. The summed E-state index contributed by atoms with van der Waals surface area (Å²) in [5, 5.41) is 8.93. The van der Waals surface area contributed by atoms with Crippen LogP contribution in [-0.4, -0.2) is 16.1 Å². The number of rotatable bonds is 3. The average Bonchev–Trinajstić information content (AvgIpc) is 2.88. The molecule has 0 radical (unpaired) electrons. The van der Waals surface area contributed by atoms with Crippen molar-refractivity contribution in [2.24, 2.45) is 0 Å². The second kappa shape index (κ2) is 4.85. The molecule has 0 bridgehead atoms. The Morgan fingerprint density at radius 3 is 2.80 bits per heavy atom. The van der Waals surface area contributed by atoms with Gasteiger partial charge in [0.15, 0.2) is 5.69 Å². The van der Waals surface area contributed by atoms with Gasteiger partial charge in [-0.1, -0.05) is 6.07 Å². The molecule has 1 aromatic carbocycles. The summed E-state index contributed by atoms with van der Waals surface area (Å²) in [5.41, 5.74) is 8.62. The minimum absolute atomic E-state index is 0.0876. The fourth-order valence-electron chi connectivity index (χ4n) is 2.38. The zero-order valence-electron chi connectivity index (χ0n) is 10.8. The average molecular weight is 270 g/mol. The maximum atomic E-state index is 10.9. The van der Waals surface area contributed by atoms with Crippen LogP contribution < -0.4 is 10.5 Å². The first-order valence-electron chi connectivity index (χ1n) is 6.43. The van der Waals surface area contributed by atoms with Crippen LogP contribution in [0.15, 0.2) is 30.3 Å². The predicted molar refractivity (Wildman–Crippen MR) is 74.1 cm³/mol. The third-order valence-corrected chi connectivity index (χ3v) is 3.39. The number of aromatic carboxylic acids is 1. The van der Waals surface area contributed by atoms with Gasteiger partial charge in [-0.2, -0.15) is 0 Å². The predicted octanol–water partition coefficient (Wildman–Crippen LogP) is 2.64. The maximum absolute atomic E-state index is 10.9. The van der Waals surface area contributed by atoms with Gasteiger partial charge < -0.3 is 15.6 Å². The van der Waals surface area contributed by atoms with E-state index in [9.17, 15) is 4.79 Å². The first-order valence-corrected chi connectivity index (χ1v) is 6.43. The molecule has 2 aromatic rings. The Balaban J connectivity index is 1.91. The molecule has 3 rings (SSSR count). The van der Waals surface area contributed by atoms with Crippen LogP contribution in [0.3, 0.4) is 0 Å². The zero-order chi connectivity index (χ0) is 14.1. The highest BCUT2D eigenvalue weighted by Crippen LogP contribution is 2.30. The number of aromatic nitrogens is 1. The van der Waals surface area contributed by atoms with E-state index in [0.717, 1.165) is 19.3 Å². The van der Waals surface area contributed by atoms with Crippen molar-refractivity contribution in [1.82, 2.24) is 4.98 Å². The lowest BCUT2D eigenvalue weighted by molar-refractivity contribution is 0.0689. The van der Waals surface area contributed by atoms with E-state index in [0.29, 0.717) is 11.4 Å². The van der Waals surface area contributed by atoms with E-state index in [1.165, 1.54) is 23.3 Å². The smallest absolute Gasteiger partial charge is 0.354 e. The molecule has 20 heavy (non-hydrogen) atoms. The lowest BCUT2D eigenvalue weighted by Crippen LogP contribution is -2.03. The number of nitrogen functional groups attached to an aromatic ring is 1. The van der Waals surface area contributed by atoms with Crippen molar-refractivity contribution in [3.05, 3.63) is 47.2 Å². The highest BCUT2D eigenvalue weighted by atomic mass is 16.5. The first-order chi connectivity index (χ1) is 9.63. The van der Waals surface area contributed by atoms with E-state index in [1.54, 1.807) is 0 Å². The van der Waals surface area contributed by atoms with Crippen molar-refractivity contribution in [3.63, 3.8) is 0 Å². The Morgan fingerprint density at radius 2 is 2.00 bits per heavy atom. The van der Waals surface area contributed by atoms with E-state index < -0.39 is 5.97 Å². The Morgan fingerprint density at radius 1 is 1.20 bits per heavy atom. The van der Waals surface area contributed by atoms with Crippen molar-refractivity contribution in [2.45, 2.75) is 19.3 Å². The topological polar surface area (TPSA) is 85.4 Å². The third-order valence-electron chi connectivity index (χ3n) is 3.39. The molecule has 0 saturated heterocycles. The van der Waals surface area contributed by atoms with Crippen LogP contribution in [-0.2, 0) is 12.8 Å². The summed E-state index contributed by atoms with van der Waals surface area (Å²) in [6, 6.07) is 8.71. The van der Waals surface area contributed by atoms with Gasteiger partial charge in [0.25, 0.3) is 0 Å². The van der Waals surface area contributed by atoms with Crippen molar-refractivity contribution in [3.8, 4) is 11.6 Å². The number of carboxylic acid groups (broad SMARTS) is 1. The largest absolute Gasteiger partial charge is 0.477 e. The monoisotopic (exact) mass is 270 g/mol. The van der Waals surface area contributed by atoms with Crippen LogP contribution in [0.4, 0.5) is 5.69 Å². The Kier molecular flexibility index (Phi) is 3.02. The summed E-state index contributed by atoms with van der Waals surface area (Å²) in [4.78, 5) is 14.8. The highest BCUT2D eigenvalue weighted by molar-refractivity contribution is 5.86. The number of ether oxygens (including phenoxy) is 1. The van der Waals surface area contributed by atoms with Gasteiger partial charge >= 0.3 is 5.97 Å². The molecule has 1 aliphatic rings. The van der Waals surface area contributed by atoms with Crippen molar-refractivity contribution in [1.29, 1.82) is 0 Å². The van der Waals surface area contributed by atoms with Gasteiger partial charge in [-0.3, -0.25) is 0 Å². The summed E-state index contributed by atoms with van der Waals surface area (Å²) in [5.74, 6) is -0.348. The number of carboxylic acids is 1. The summed E-state index contributed by atoms with van der Waals surface area (Å²) in [7, 11) is 0. The number of hydrogen-bond donors (Lipinski definition) is 2. The number of nitrogens with two attached hydrogens (primary N) is 1. The number of carbonyl (C=O) groups is 1. The molecule has 0 unspecified atom stereocenters. The first kappa shape index (κ1) is 12.5. The molecule has 0 fully saturated rings. The molecule has 0 spiro atoms. The van der Waals surface area contributed by atoms with Crippen molar-refractivity contribution < 1.29 is 14.6 Å². The van der Waals surface area contributed by atoms with Gasteiger partial charge in [-0.25, -0.2) is 9.78 Å². The summed E-state index contributed by atoms with van der Waals surface area (Å²) in [6.45, 7) is 0. The molecule has 3 N–H and O–H groups in total. The number of anilines is 1. The van der Waals surface area contributed by atoms with Gasteiger partial charge in [0.05, 0.1) is 5.69 Å². The molecule has 102 valence electrons. The highest BCUT2D eigenvalue weighted by Gasteiger charge is 2.14. The van der Waals surface area contributed by atoms with Crippen molar-refractivity contribution >= 4 is 11.7 Å². The molecule has 1 aliphatic carbocycles. The Bertz CT molecular complexity index is 683. The van der Waals surface area contributed by atoms with Gasteiger partial charge in [0.2, 0.25) is 5.88 Å². The second-order valence-electron chi connectivity index (χ2n) is 4.78. The number of pyridine rings is 1. The minimum atomic E-state index is -1.11. The molecule has 5 heteroatoms. The number of benzene rings is 1. The molecule has 1 heterocycles. The maximum Gasteiger partial charge on any atom is 0.354 e. The van der Waals surface area contributed by atoms with E-state index in [1.807, 2.05) is 18.2 Å². The summed E-state index contributed by atoms with van der Waals surface area (Å²) >= 11 is 0. The lowest BCUT2D eigenvalue weighted by atomic mass is 10.1. The Labute approximate surface area is 116 Å². The molecule has 0 amide bonds. The zero-order valence-corrected chi connectivity index (χ0v) is 10.8. The molecular formula is C15H14N2O3. The van der Waals surface area contributed by atoms with Gasteiger partial charge in [0, 0.05) is 0 Å². The van der Waals surface area contributed by atoms with Gasteiger partial charge in [-0.05, 0) is 54.7 Å². The van der Waals surface area contributed by atoms with Crippen LogP contribution in [0.25, 0.3) is 0 Å². The fraction of sp³-hybridized carbons (Fsp3) is 0.200. The fourth-order valence-corrected chi connectivity index (χ4v) is 2.38. The van der Waals surface area contributed by atoms with Gasteiger partial charge in [0.1, 0.15) is 5.75 Å². The number of nitrogens with zero attached hydrogens (tertiary/aromatic N) is 1. The van der Waals surface area contributed by atoms with E-state index in [4.69, 9.17) is 15.6 Å². The Hall–Kier alpha value is -2.56. The number of aryl methyl sites for hydroxylation is 2. The van der Waals surface area contributed by atoms with Crippen LogP contribution in [0.2, 0.25) is 0 Å². The minimum Gasteiger partial charge on any atom is -0.477 e. The van der Waals surface area contributed by atoms with E-state index in [2.05, 4.69) is 4.98 Å². The molecule has 1 aromatic heterocycles. The quantitative estimate of drug-likeness (QED) is 0.895. The lowest BCUT2D eigenvalue weighted by Gasteiger charge is -2.09. The number of fused-ring (bicyclic) bond motifs is 1. The third kappa shape index (κ3) is 2.30. The SMILES string of the molecule is Nc1ccc(C(=O)O)nc1Oc1ccc2c(c1)CCC2. The second-order valence-corrected chi connectivity index (χ2v) is 4.78. The van der Waals surface area contributed by atoms with Crippen LogP contribution in [0.1, 0.15) is 28.0 Å². The molecule has 0 atom stereocenters. The molecule has 0 aliphatic heterocycles. The van der Waals surface area contributed by atoms with Crippen LogP contribution >= 0.6 is 0 Å². The molecule has 0 saturated carbocycles. The molecular weight excluding hydrogens is 256 g/mol. The van der Waals surface area contributed by atoms with E-state index in [-0.39, 0.29) is 11.6 Å². The molecule has 5 nitrogen and oxygen atoms in total. The van der Waals surface area contributed by atoms with E-state index >= 15 is 0 Å².